The maximum absolute atomic E-state index is 12.5. The lowest BCUT2D eigenvalue weighted by atomic mass is 9.68. The van der Waals surface area contributed by atoms with Crippen LogP contribution in [0.4, 0.5) is 0 Å². The summed E-state index contributed by atoms with van der Waals surface area (Å²) >= 11 is 0. The normalized spacial score (nSPS) is 34.7. The molecule has 1 saturated carbocycles. The van der Waals surface area contributed by atoms with Crippen molar-refractivity contribution < 1.29 is 9.53 Å². The van der Waals surface area contributed by atoms with Crippen LogP contribution in [0.15, 0.2) is 0 Å². The highest BCUT2D eigenvalue weighted by molar-refractivity contribution is 5.86. The van der Waals surface area contributed by atoms with Gasteiger partial charge in [-0.3, -0.25) is 4.79 Å². The first-order valence-electron chi connectivity index (χ1n) is 7.80. The van der Waals surface area contributed by atoms with Gasteiger partial charge in [-0.1, -0.05) is 19.3 Å². The summed E-state index contributed by atoms with van der Waals surface area (Å²) in [7, 11) is 0. The Morgan fingerprint density at radius 1 is 1.00 bits per heavy atom. The molecule has 0 aromatic carbocycles. The van der Waals surface area contributed by atoms with E-state index in [9.17, 15) is 4.79 Å². The van der Waals surface area contributed by atoms with Crippen molar-refractivity contribution in [2.24, 2.45) is 11.1 Å². The molecule has 19 heavy (non-hydrogen) atoms. The van der Waals surface area contributed by atoms with E-state index in [0.717, 1.165) is 13.1 Å². The summed E-state index contributed by atoms with van der Waals surface area (Å²) in [6.07, 6.45) is 9.91. The Morgan fingerprint density at radius 3 is 2.26 bits per heavy atom. The third-order valence-electron chi connectivity index (χ3n) is 5.50. The molecule has 3 fully saturated rings. The number of carbonyl (C=O) groups is 1. The predicted octanol–water partition coefficient (Wildman–Crippen LogP) is 1.68. The first-order chi connectivity index (χ1) is 9.14. The van der Waals surface area contributed by atoms with Crippen LogP contribution in [0.25, 0.3) is 0 Å². The van der Waals surface area contributed by atoms with Crippen molar-refractivity contribution in [1.29, 1.82) is 0 Å². The number of piperidine rings is 1. The highest BCUT2D eigenvalue weighted by atomic mass is 16.5. The highest BCUT2D eigenvalue weighted by Crippen LogP contribution is 2.44. The zero-order valence-electron chi connectivity index (χ0n) is 11.8. The molecule has 2 aliphatic heterocycles. The van der Waals surface area contributed by atoms with Crippen LogP contribution in [0.1, 0.15) is 51.4 Å². The van der Waals surface area contributed by atoms with Crippen LogP contribution >= 0.6 is 0 Å². The van der Waals surface area contributed by atoms with E-state index in [1.165, 1.54) is 44.9 Å². The van der Waals surface area contributed by atoms with E-state index < -0.39 is 5.54 Å². The molecule has 4 heteroatoms. The second-order valence-electron chi connectivity index (χ2n) is 6.81. The Morgan fingerprint density at radius 2 is 1.68 bits per heavy atom. The molecular weight excluding hydrogens is 240 g/mol. The van der Waals surface area contributed by atoms with Gasteiger partial charge in [0.25, 0.3) is 0 Å². The van der Waals surface area contributed by atoms with Gasteiger partial charge in [-0.15, -0.1) is 0 Å². The quantitative estimate of drug-likeness (QED) is 0.785. The zero-order valence-corrected chi connectivity index (χ0v) is 11.8. The van der Waals surface area contributed by atoms with Crippen molar-refractivity contribution >= 4 is 5.91 Å². The molecule has 108 valence electrons. The number of hydrogen-bond donors (Lipinski definition) is 1. The number of hydrogen-bond acceptors (Lipinski definition) is 3. The molecule has 1 aliphatic carbocycles. The molecule has 1 unspecified atom stereocenters. The van der Waals surface area contributed by atoms with Gasteiger partial charge in [0.15, 0.2) is 0 Å². The van der Waals surface area contributed by atoms with Crippen LogP contribution < -0.4 is 5.73 Å². The predicted molar refractivity (Wildman–Crippen MR) is 73.7 cm³/mol. The van der Waals surface area contributed by atoms with E-state index in [0.29, 0.717) is 25.0 Å². The van der Waals surface area contributed by atoms with Crippen LogP contribution in [0, 0.1) is 5.41 Å². The van der Waals surface area contributed by atoms with Crippen LogP contribution in [0.5, 0.6) is 0 Å². The average Bonchev–Trinajstić information content (AvgIpc) is 2.88. The summed E-state index contributed by atoms with van der Waals surface area (Å²) in [5, 5.41) is 0. The van der Waals surface area contributed by atoms with Crippen LogP contribution in [0.3, 0.4) is 0 Å². The first-order valence-corrected chi connectivity index (χ1v) is 7.80. The molecule has 0 aromatic heterocycles. The smallest absolute Gasteiger partial charge is 0.245 e. The van der Waals surface area contributed by atoms with Crippen LogP contribution in [-0.4, -0.2) is 42.6 Å². The minimum atomic E-state index is -0.739. The molecule has 2 saturated heterocycles. The van der Waals surface area contributed by atoms with Crippen LogP contribution in [-0.2, 0) is 9.53 Å². The van der Waals surface area contributed by atoms with E-state index in [1.54, 1.807) is 0 Å². The number of nitrogens with zero attached hydrogens (tertiary/aromatic N) is 1. The van der Waals surface area contributed by atoms with Gasteiger partial charge in [0.05, 0.1) is 6.61 Å². The fourth-order valence-corrected chi connectivity index (χ4v) is 4.05. The number of rotatable bonds is 1. The largest absolute Gasteiger partial charge is 0.379 e. The summed E-state index contributed by atoms with van der Waals surface area (Å²) in [6.45, 7) is 2.82. The van der Waals surface area contributed by atoms with Gasteiger partial charge in [0.1, 0.15) is 5.54 Å². The fraction of sp³-hybridized carbons (Fsp3) is 0.933. The first kappa shape index (κ1) is 13.4. The third-order valence-corrected chi connectivity index (χ3v) is 5.50. The molecule has 2 heterocycles. The van der Waals surface area contributed by atoms with Gasteiger partial charge in [0.2, 0.25) is 5.91 Å². The minimum Gasteiger partial charge on any atom is -0.379 e. The molecular formula is C15H26N2O2. The zero-order chi connectivity index (χ0) is 13.3. The monoisotopic (exact) mass is 266 g/mol. The Labute approximate surface area is 115 Å². The van der Waals surface area contributed by atoms with Crippen molar-refractivity contribution in [1.82, 2.24) is 4.90 Å². The maximum Gasteiger partial charge on any atom is 0.245 e. The van der Waals surface area contributed by atoms with Gasteiger partial charge in [-0.25, -0.2) is 0 Å². The summed E-state index contributed by atoms with van der Waals surface area (Å²) in [5.74, 6) is 0.121. The molecule has 1 spiro atoms. The highest BCUT2D eigenvalue weighted by Gasteiger charge is 2.44. The van der Waals surface area contributed by atoms with Gasteiger partial charge < -0.3 is 15.4 Å². The van der Waals surface area contributed by atoms with Crippen molar-refractivity contribution in [2.75, 3.05) is 26.3 Å². The molecule has 0 radical (unpaired) electrons. The summed E-state index contributed by atoms with van der Waals surface area (Å²) in [6, 6.07) is 0. The van der Waals surface area contributed by atoms with Crippen molar-refractivity contribution in [2.45, 2.75) is 56.9 Å². The molecule has 0 bridgehead atoms. The molecule has 3 rings (SSSR count). The summed E-state index contributed by atoms with van der Waals surface area (Å²) < 4.78 is 5.31. The van der Waals surface area contributed by atoms with E-state index in [2.05, 4.69) is 0 Å². The summed E-state index contributed by atoms with van der Waals surface area (Å²) in [4.78, 5) is 14.5. The second kappa shape index (κ2) is 5.06. The van der Waals surface area contributed by atoms with Crippen molar-refractivity contribution in [3.05, 3.63) is 0 Å². The molecule has 0 aromatic rings. The van der Waals surface area contributed by atoms with Crippen LogP contribution in [0.2, 0.25) is 0 Å². The van der Waals surface area contributed by atoms with E-state index in [1.807, 2.05) is 4.90 Å². The number of nitrogens with two attached hydrogens (primary N) is 1. The average molecular weight is 266 g/mol. The lowest BCUT2D eigenvalue weighted by molar-refractivity contribution is -0.139. The Hall–Kier alpha value is -0.610. The van der Waals surface area contributed by atoms with Crippen molar-refractivity contribution in [3.63, 3.8) is 0 Å². The summed E-state index contributed by atoms with van der Waals surface area (Å²) in [5.41, 5.74) is 5.99. The van der Waals surface area contributed by atoms with Gasteiger partial charge >= 0.3 is 0 Å². The molecule has 4 nitrogen and oxygen atoms in total. The number of likely N-dealkylation sites (tertiary alicyclic amines) is 1. The lowest BCUT2D eigenvalue weighted by Crippen LogP contribution is -2.58. The number of carbonyl (C=O) groups excluding carboxylic acids is 1. The van der Waals surface area contributed by atoms with Gasteiger partial charge in [-0.05, 0) is 37.5 Å². The third kappa shape index (κ3) is 2.52. The standard InChI is InChI=1S/C15H26N2O2/c16-15(8-11-19-12-15)13(18)17-9-6-14(7-10-17)4-2-1-3-5-14/h1-12,16H2. The molecule has 1 atom stereocenters. The molecule has 2 N–H and O–H groups in total. The van der Waals surface area contributed by atoms with Gasteiger partial charge in [-0.2, -0.15) is 0 Å². The number of amides is 1. The van der Waals surface area contributed by atoms with E-state index >= 15 is 0 Å². The van der Waals surface area contributed by atoms with E-state index in [-0.39, 0.29) is 5.91 Å². The Bertz CT molecular complexity index is 334. The Kier molecular flexibility index (Phi) is 3.56. The molecule has 3 aliphatic rings. The SMILES string of the molecule is NC1(C(=O)N2CCC3(CCCCC3)CC2)CCOC1. The number of ether oxygens (including phenoxy) is 1. The van der Waals surface area contributed by atoms with Crippen molar-refractivity contribution in [3.8, 4) is 0 Å². The topological polar surface area (TPSA) is 55.6 Å². The lowest BCUT2D eigenvalue weighted by Gasteiger charge is -2.45. The fourth-order valence-electron chi connectivity index (χ4n) is 4.05. The maximum atomic E-state index is 12.5. The molecule has 1 amide bonds. The Balaban J connectivity index is 1.59. The van der Waals surface area contributed by atoms with E-state index in [4.69, 9.17) is 10.5 Å². The minimum absolute atomic E-state index is 0.121. The second-order valence-corrected chi connectivity index (χ2v) is 6.81. The van der Waals surface area contributed by atoms with Gasteiger partial charge in [0, 0.05) is 19.7 Å².